The Kier molecular flexibility index (Phi) is 4.40. The van der Waals surface area contributed by atoms with Gasteiger partial charge in [-0.05, 0) is 31.5 Å². The number of hydrogen-bond acceptors (Lipinski definition) is 2. The predicted molar refractivity (Wildman–Crippen MR) is 81.0 cm³/mol. The molecule has 0 aliphatic rings. The second kappa shape index (κ2) is 6.06. The van der Waals surface area contributed by atoms with Crippen molar-refractivity contribution in [1.82, 2.24) is 9.88 Å². The van der Waals surface area contributed by atoms with E-state index in [4.69, 9.17) is 11.6 Å². The van der Waals surface area contributed by atoms with Gasteiger partial charge in [0.15, 0.2) is 0 Å². The van der Waals surface area contributed by atoms with Crippen LogP contribution in [0, 0.1) is 13.8 Å². The Balaban J connectivity index is 2.16. The van der Waals surface area contributed by atoms with Gasteiger partial charge in [-0.15, -0.1) is 0 Å². The van der Waals surface area contributed by atoms with E-state index < -0.39 is 0 Å². The fraction of sp³-hybridized carbons (Fsp3) is 0.250. The summed E-state index contributed by atoms with van der Waals surface area (Å²) in [6.45, 7) is 4.43. The number of nitrogens with zero attached hydrogens (tertiary/aromatic N) is 2. The second-order valence-corrected chi connectivity index (χ2v) is 5.36. The van der Waals surface area contributed by atoms with Gasteiger partial charge >= 0.3 is 0 Å². The molecule has 0 atom stereocenters. The average molecular weight is 289 g/mol. The molecule has 1 heterocycles. The van der Waals surface area contributed by atoms with E-state index in [1.165, 1.54) is 5.56 Å². The SMILES string of the molecule is Cc1cccc(CN(C)C(=O)c2cc(C)nc(Cl)c2)c1. The third-order valence-electron chi connectivity index (χ3n) is 3.02. The first-order valence-corrected chi connectivity index (χ1v) is 6.78. The van der Waals surface area contributed by atoms with Crippen molar-refractivity contribution in [2.45, 2.75) is 20.4 Å². The van der Waals surface area contributed by atoms with Crippen LogP contribution >= 0.6 is 11.6 Å². The van der Waals surface area contributed by atoms with Crippen LogP contribution in [-0.2, 0) is 6.54 Å². The minimum Gasteiger partial charge on any atom is -0.337 e. The zero-order valence-electron chi connectivity index (χ0n) is 11.9. The van der Waals surface area contributed by atoms with Crippen molar-refractivity contribution < 1.29 is 4.79 Å². The lowest BCUT2D eigenvalue weighted by Crippen LogP contribution is -2.26. The Morgan fingerprint density at radius 1 is 1.25 bits per heavy atom. The standard InChI is InChI=1S/C16H17ClN2O/c1-11-5-4-6-13(7-11)10-19(3)16(20)14-8-12(2)18-15(17)9-14/h4-9H,10H2,1-3H3. The van der Waals surface area contributed by atoms with E-state index in [-0.39, 0.29) is 5.91 Å². The summed E-state index contributed by atoms with van der Waals surface area (Å²) in [6, 6.07) is 11.5. The molecule has 1 amide bonds. The number of carbonyl (C=O) groups is 1. The predicted octanol–water partition coefficient (Wildman–Crippen LogP) is 3.62. The summed E-state index contributed by atoms with van der Waals surface area (Å²) in [5.74, 6) is -0.0566. The zero-order valence-corrected chi connectivity index (χ0v) is 12.6. The van der Waals surface area contributed by atoms with Crippen molar-refractivity contribution in [3.8, 4) is 0 Å². The van der Waals surface area contributed by atoms with Gasteiger partial charge in [-0.2, -0.15) is 0 Å². The normalized spacial score (nSPS) is 10.4. The fourth-order valence-corrected chi connectivity index (χ4v) is 2.38. The van der Waals surface area contributed by atoms with Crippen LogP contribution < -0.4 is 0 Å². The minimum absolute atomic E-state index is 0.0566. The molecule has 2 aromatic rings. The first-order chi connectivity index (χ1) is 9.45. The average Bonchev–Trinajstić information content (AvgIpc) is 2.36. The van der Waals surface area contributed by atoms with Crippen molar-refractivity contribution in [1.29, 1.82) is 0 Å². The number of halogens is 1. The van der Waals surface area contributed by atoms with Gasteiger partial charge in [-0.3, -0.25) is 4.79 Å². The van der Waals surface area contributed by atoms with Gasteiger partial charge in [0.2, 0.25) is 0 Å². The molecule has 4 heteroatoms. The Hall–Kier alpha value is -1.87. The molecule has 0 radical (unpaired) electrons. The minimum atomic E-state index is -0.0566. The number of hydrogen-bond donors (Lipinski definition) is 0. The largest absolute Gasteiger partial charge is 0.337 e. The van der Waals surface area contributed by atoms with Crippen LogP contribution in [0.1, 0.15) is 27.2 Å². The maximum absolute atomic E-state index is 12.4. The molecule has 0 bridgehead atoms. The molecule has 2 rings (SSSR count). The third-order valence-corrected chi connectivity index (χ3v) is 3.21. The maximum atomic E-state index is 12.4. The molecule has 1 aromatic heterocycles. The fourth-order valence-electron chi connectivity index (χ4n) is 2.13. The van der Waals surface area contributed by atoms with E-state index in [9.17, 15) is 4.79 Å². The summed E-state index contributed by atoms with van der Waals surface area (Å²) in [5.41, 5.74) is 3.60. The van der Waals surface area contributed by atoms with Gasteiger partial charge in [0.1, 0.15) is 5.15 Å². The van der Waals surface area contributed by atoms with Crippen LogP contribution in [0.2, 0.25) is 5.15 Å². The first-order valence-electron chi connectivity index (χ1n) is 6.41. The Morgan fingerprint density at radius 2 is 2.00 bits per heavy atom. The summed E-state index contributed by atoms with van der Waals surface area (Å²) in [4.78, 5) is 18.1. The third kappa shape index (κ3) is 3.58. The van der Waals surface area contributed by atoms with Crippen LogP contribution in [0.4, 0.5) is 0 Å². The van der Waals surface area contributed by atoms with E-state index in [1.54, 1.807) is 24.1 Å². The van der Waals surface area contributed by atoms with Crippen molar-refractivity contribution >= 4 is 17.5 Å². The molecular weight excluding hydrogens is 272 g/mol. The van der Waals surface area contributed by atoms with Crippen LogP contribution in [-0.4, -0.2) is 22.8 Å². The molecule has 104 valence electrons. The molecule has 0 saturated heterocycles. The zero-order chi connectivity index (χ0) is 14.7. The quantitative estimate of drug-likeness (QED) is 0.808. The molecule has 1 aromatic carbocycles. The highest BCUT2D eigenvalue weighted by Gasteiger charge is 2.13. The Morgan fingerprint density at radius 3 is 2.65 bits per heavy atom. The van der Waals surface area contributed by atoms with Crippen LogP contribution in [0.15, 0.2) is 36.4 Å². The van der Waals surface area contributed by atoms with Gasteiger partial charge < -0.3 is 4.90 Å². The summed E-state index contributed by atoms with van der Waals surface area (Å²) >= 11 is 5.90. The molecule has 20 heavy (non-hydrogen) atoms. The highest BCUT2D eigenvalue weighted by molar-refractivity contribution is 6.29. The molecule has 0 saturated carbocycles. The molecule has 0 N–H and O–H groups in total. The number of aromatic nitrogens is 1. The number of aryl methyl sites for hydroxylation is 2. The van der Waals surface area contributed by atoms with Crippen LogP contribution in [0.5, 0.6) is 0 Å². The van der Waals surface area contributed by atoms with Crippen LogP contribution in [0.25, 0.3) is 0 Å². The van der Waals surface area contributed by atoms with Crippen molar-refractivity contribution in [3.05, 3.63) is 63.9 Å². The van der Waals surface area contributed by atoms with Gasteiger partial charge in [0.05, 0.1) is 0 Å². The molecule has 0 fully saturated rings. The summed E-state index contributed by atoms with van der Waals surface area (Å²) in [7, 11) is 1.79. The Bertz CT molecular complexity index is 620. The smallest absolute Gasteiger partial charge is 0.254 e. The lowest BCUT2D eigenvalue weighted by molar-refractivity contribution is 0.0785. The Labute approximate surface area is 124 Å². The van der Waals surface area contributed by atoms with Gasteiger partial charge in [-0.1, -0.05) is 41.4 Å². The summed E-state index contributed by atoms with van der Waals surface area (Å²) in [6.07, 6.45) is 0. The maximum Gasteiger partial charge on any atom is 0.254 e. The van der Waals surface area contributed by atoms with E-state index in [2.05, 4.69) is 11.1 Å². The molecule has 0 spiro atoms. The number of amides is 1. The topological polar surface area (TPSA) is 33.2 Å². The van der Waals surface area contributed by atoms with E-state index in [0.717, 1.165) is 11.3 Å². The van der Waals surface area contributed by atoms with E-state index in [0.29, 0.717) is 17.3 Å². The number of benzene rings is 1. The highest BCUT2D eigenvalue weighted by atomic mass is 35.5. The number of carbonyl (C=O) groups excluding carboxylic acids is 1. The van der Waals surface area contributed by atoms with Gasteiger partial charge in [0.25, 0.3) is 5.91 Å². The lowest BCUT2D eigenvalue weighted by atomic mass is 10.1. The lowest BCUT2D eigenvalue weighted by Gasteiger charge is -2.18. The monoisotopic (exact) mass is 288 g/mol. The molecule has 0 aliphatic carbocycles. The number of pyridine rings is 1. The van der Waals surface area contributed by atoms with Crippen molar-refractivity contribution in [3.63, 3.8) is 0 Å². The van der Waals surface area contributed by atoms with Gasteiger partial charge in [0, 0.05) is 24.8 Å². The van der Waals surface area contributed by atoms with Gasteiger partial charge in [-0.25, -0.2) is 4.98 Å². The molecule has 0 unspecified atom stereocenters. The van der Waals surface area contributed by atoms with Crippen molar-refractivity contribution in [2.24, 2.45) is 0 Å². The first kappa shape index (κ1) is 14.5. The van der Waals surface area contributed by atoms with Crippen molar-refractivity contribution in [2.75, 3.05) is 7.05 Å². The number of rotatable bonds is 3. The highest BCUT2D eigenvalue weighted by Crippen LogP contribution is 2.14. The van der Waals surface area contributed by atoms with E-state index >= 15 is 0 Å². The molecular formula is C16H17ClN2O. The van der Waals surface area contributed by atoms with Crippen LogP contribution in [0.3, 0.4) is 0 Å². The molecule has 3 nitrogen and oxygen atoms in total. The second-order valence-electron chi connectivity index (χ2n) is 4.97. The molecule has 0 aliphatic heterocycles. The summed E-state index contributed by atoms with van der Waals surface area (Å²) < 4.78 is 0. The summed E-state index contributed by atoms with van der Waals surface area (Å²) in [5, 5.41) is 0.345. The van der Waals surface area contributed by atoms with E-state index in [1.807, 2.05) is 32.0 Å².